The Morgan fingerprint density at radius 3 is 1.46 bits per heavy atom. The van der Waals surface area contributed by atoms with E-state index in [-0.39, 0.29) is 23.0 Å². The topological polar surface area (TPSA) is 58.2 Å². The number of rotatable bonds is 0. The summed E-state index contributed by atoms with van der Waals surface area (Å²) in [6, 6.07) is 6.93. The molecule has 24 heavy (non-hydrogen) atoms. The fourth-order valence-electron chi connectivity index (χ4n) is 2.74. The number of carbonyl (C=O) groups excluding carboxylic acids is 2. The van der Waals surface area contributed by atoms with E-state index in [0.29, 0.717) is 41.5 Å². The summed E-state index contributed by atoms with van der Waals surface area (Å²) in [7, 11) is 0. The van der Waals surface area contributed by atoms with Crippen molar-refractivity contribution in [3.8, 4) is 0 Å². The summed E-state index contributed by atoms with van der Waals surface area (Å²) in [5.41, 5.74) is 2.14. The molecule has 0 fully saturated rings. The zero-order chi connectivity index (χ0) is 17.2. The van der Waals surface area contributed by atoms with Crippen molar-refractivity contribution < 1.29 is 9.59 Å². The summed E-state index contributed by atoms with van der Waals surface area (Å²) in [6.07, 6.45) is 0. The van der Waals surface area contributed by atoms with Crippen molar-refractivity contribution >= 4 is 78.0 Å². The number of benzene rings is 2. The first-order valence-corrected chi connectivity index (χ1v) is 9.08. The Hall–Kier alpha value is -1.34. The van der Waals surface area contributed by atoms with Crippen molar-refractivity contribution in [1.29, 1.82) is 0 Å². The van der Waals surface area contributed by atoms with Gasteiger partial charge in [0.1, 0.15) is 11.4 Å². The van der Waals surface area contributed by atoms with E-state index in [9.17, 15) is 9.59 Å². The summed E-state index contributed by atoms with van der Waals surface area (Å²) >= 11 is 19.0. The lowest BCUT2D eigenvalue weighted by molar-refractivity contribution is 0.101. The van der Waals surface area contributed by atoms with E-state index < -0.39 is 0 Å². The van der Waals surface area contributed by atoms with Crippen LogP contribution in [0, 0.1) is 0 Å². The second-order valence-electron chi connectivity index (χ2n) is 5.23. The largest absolute Gasteiger partial charge is 0.350 e. The van der Waals surface area contributed by atoms with Crippen molar-refractivity contribution in [3.63, 3.8) is 0 Å². The molecular weight excluding hydrogens is 483 g/mol. The number of hydrogen-bond acceptors (Lipinski definition) is 4. The van der Waals surface area contributed by atoms with Gasteiger partial charge in [-0.1, -0.05) is 23.2 Å². The molecule has 0 atom stereocenters. The average molecular weight is 489 g/mol. The number of Topliss-reactive ketones (excluding diaryl/α,β-unsaturated/α-hetero) is 2. The van der Waals surface area contributed by atoms with Crippen LogP contribution in [0.4, 0.5) is 11.4 Å². The highest BCUT2D eigenvalue weighted by Gasteiger charge is 2.37. The predicted molar refractivity (Wildman–Crippen MR) is 101 cm³/mol. The molecule has 0 spiro atoms. The lowest BCUT2D eigenvalue weighted by Crippen LogP contribution is -2.13. The molecule has 0 amide bonds. The van der Waals surface area contributed by atoms with Crippen LogP contribution in [0.3, 0.4) is 0 Å². The van der Waals surface area contributed by atoms with Crippen LogP contribution in [0.15, 0.2) is 44.6 Å². The van der Waals surface area contributed by atoms with Crippen LogP contribution < -0.4 is 10.6 Å². The molecule has 120 valence electrons. The van der Waals surface area contributed by atoms with E-state index >= 15 is 0 Å². The molecule has 0 bridgehead atoms. The van der Waals surface area contributed by atoms with Crippen LogP contribution in [0.25, 0.3) is 0 Å². The second-order valence-corrected chi connectivity index (χ2v) is 7.69. The van der Waals surface area contributed by atoms with E-state index in [1.807, 2.05) is 0 Å². The van der Waals surface area contributed by atoms with Crippen LogP contribution in [-0.2, 0) is 0 Å². The fraction of sp³-hybridized carbons (Fsp3) is 0. The molecule has 2 aromatic carbocycles. The third kappa shape index (κ3) is 2.17. The number of carbonyl (C=O) groups is 2. The van der Waals surface area contributed by atoms with Gasteiger partial charge in [-0.2, -0.15) is 0 Å². The molecule has 0 aliphatic carbocycles. The van der Waals surface area contributed by atoms with Gasteiger partial charge >= 0.3 is 0 Å². The summed E-state index contributed by atoms with van der Waals surface area (Å²) < 4.78 is 1.23. The highest BCUT2D eigenvalue weighted by Crippen LogP contribution is 2.42. The monoisotopic (exact) mass is 486 g/mol. The van der Waals surface area contributed by atoms with Gasteiger partial charge in [0.25, 0.3) is 0 Å². The summed E-state index contributed by atoms with van der Waals surface area (Å²) in [4.78, 5) is 25.5. The molecule has 8 heteroatoms. The van der Waals surface area contributed by atoms with E-state index in [1.165, 1.54) is 0 Å². The molecule has 2 heterocycles. The highest BCUT2D eigenvalue weighted by molar-refractivity contribution is 9.10. The van der Waals surface area contributed by atoms with Gasteiger partial charge in [-0.25, -0.2) is 0 Å². The normalized spacial score (nSPS) is 18.3. The molecular formula is C16H6Br2Cl2N2O2. The second kappa shape index (κ2) is 5.59. The van der Waals surface area contributed by atoms with E-state index in [2.05, 4.69) is 42.5 Å². The Balaban J connectivity index is 1.86. The van der Waals surface area contributed by atoms with Gasteiger partial charge < -0.3 is 10.6 Å². The van der Waals surface area contributed by atoms with Crippen molar-refractivity contribution in [3.05, 3.63) is 65.8 Å². The van der Waals surface area contributed by atoms with Gasteiger partial charge in [-0.15, -0.1) is 0 Å². The first-order valence-electron chi connectivity index (χ1n) is 6.74. The Morgan fingerprint density at radius 2 is 1.08 bits per heavy atom. The van der Waals surface area contributed by atoms with Crippen molar-refractivity contribution in [2.75, 3.05) is 10.6 Å². The predicted octanol–water partition coefficient (Wildman–Crippen LogP) is 5.65. The first-order chi connectivity index (χ1) is 11.4. The summed E-state index contributed by atoms with van der Waals surface area (Å²) in [5.74, 6) is -0.676. The smallest absolute Gasteiger partial charge is 0.215 e. The SMILES string of the molecule is O=C1/C(=C2\Nc3ccc(Br)c(Cl)c3C2=O)Nc2ccc(Br)c(Cl)c21. The number of nitrogens with one attached hydrogen (secondary N) is 2. The minimum atomic E-state index is -0.338. The maximum Gasteiger partial charge on any atom is 0.215 e. The zero-order valence-electron chi connectivity index (χ0n) is 11.6. The van der Waals surface area contributed by atoms with Gasteiger partial charge in [0.15, 0.2) is 0 Å². The average Bonchev–Trinajstić information content (AvgIpc) is 3.05. The van der Waals surface area contributed by atoms with Crippen molar-refractivity contribution in [2.24, 2.45) is 0 Å². The van der Waals surface area contributed by atoms with Crippen LogP contribution in [-0.4, -0.2) is 11.6 Å². The Bertz CT molecular complexity index is 923. The van der Waals surface area contributed by atoms with Crippen LogP contribution >= 0.6 is 55.1 Å². The Kier molecular flexibility index (Phi) is 3.76. The quantitative estimate of drug-likeness (QED) is 0.471. The first kappa shape index (κ1) is 16.1. The minimum absolute atomic E-state index is 0.165. The van der Waals surface area contributed by atoms with Crippen molar-refractivity contribution in [1.82, 2.24) is 0 Å². The van der Waals surface area contributed by atoms with Crippen LogP contribution in [0.5, 0.6) is 0 Å². The number of hydrogen-bond donors (Lipinski definition) is 2. The lowest BCUT2D eigenvalue weighted by atomic mass is 10.1. The molecule has 0 saturated carbocycles. The number of anilines is 2. The zero-order valence-corrected chi connectivity index (χ0v) is 16.3. The van der Waals surface area contributed by atoms with Gasteiger partial charge in [-0.05, 0) is 56.1 Å². The molecule has 0 unspecified atom stereocenters. The lowest BCUT2D eigenvalue weighted by Gasteiger charge is -2.03. The van der Waals surface area contributed by atoms with Gasteiger partial charge in [0.2, 0.25) is 11.6 Å². The van der Waals surface area contributed by atoms with Gasteiger partial charge in [0, 0.05) is 8.95 Å². The third-order valence-corrected chi connectivity index (χ3v) is 6.43. The highest BCUT2D eigenvalue weighted by atomic mass is 79.9. The maximum absolute atomic E-state index is 12.7. The molecule has 4 nitrogen and oxygen atoms in total. The number of fused-ring (bicyclic) bond motifs is 2. The minimum Gasteiger partial charge on any atom is -0.350 e. The third-order valence-electron chi connectivity index (χ3n) is 3.87. The van der Waals surface area contributed by atoms with E-state index in [1.54, 1.807) is 24.3 Å². The van der Waals surface area contributed by atoms with E-state index in [0.717, 1.165) is 0 Å². The molecule has 2 aliphatic heterocycles. The molecule has 4 rings (SSSR count). The standard InChI is InChI=1S/C16H6Br2Cl2N2O2/c17-5-1-3-7-9(11(5)19)15(23)13(21-7)14-16(24)10-8(22-14)4-2-6(18)12(10)20/h1-4,21-22H/b14-13+. The number of halogens is 4. The van der Waals surface area contributed by atoms with Gasteiger partial charge in [0.05, 0.1) is 32.5 Å². The van der Waals surface area contributed by atoms with Crippen molar-refractivity contribution in [2.45, 2.75) is 0 Å². The molecule has 0 saturated heterocycles. The van der Waals surface area contributed by atoms with Crippen LogP contribution in [0.2, 0.25) is 10.0 Å². The maximum atomic E-state index is 12.7. The van der Waals surface area contributed by atoms with Crippen LogP contribution in [0.1, 0.15) is 20.7 Å². The molecule has 2 N–H and O–H groups in total. The molecule has 0 radical (unpaired) electrons. The van der Waals surface area contributed by atoms with E-state index in [4.69, 9.17) is 23.2 Å². The summed E-state index contributed by atoms with van der Waals surface area (Å²) in [6.45, 7) is 0. The summed E-state index contributed by atoms with van der Waals surface area (Å²) in [5, 5.41) is 6.58. The molecule has 2 aromatic rings. The molecule has 0 aromatic heterocycles. The molecule has 2 aliphatic rings. The Morgan fingerprint density at radius 1 is 0.708 bits per heavy atom. The van der Waals surface area contributed by atoms with Gasteiger partial charge in [-0.3, -0.25) is 9.59 Å². The number of ketones is 2. The number of allylic oxidation sites excluding steroid dienone is 2. The Labute approximate surface area is 163 Å². The fourth-order valence-corrected chi connectivity index (χ4v) is 3.90.